The van der Waals surface area contributed by atoms with Gasteiger partial charge in [0.15, 0.2) is 31.5 Å². The van der Waals surface area contributed by atoms with Gasteiger partial charge in [-0.25, -0.2) is 0 Å². The number of carbonyl (C=O) groups is 1. The van der Waals surface area contributed by atoms with Crippen LogP contribution in [0.4, 0.5) is 0 Å². The number of methoxy groups -OCH3 is 1. The Hall–Kier alpha value is -2.01. The van der Waals surface area contributed by atoms with Crippen LogP contribution in [0.25, 0.3) is 0 Å². The van der Waals surface area contributed by atoms with Crippen molar-refractivity contribution in [3.63, 3.8) is 0 Å². The Bertz CT molecular complexity index is 2390. The van der Waals surface area contributed by atoms with Gasteiger partial charge in [-0.2, -0.15) is 0 Å². The van der Waals surface area contributed by atoms with Crippen molar-refractivity contribution in [2.45, 2.75) is 280 Å². The number of aliphatic hydroxyl groups is 13. The van der Waals surface area contributed by atoms with E-state index < -0.39 is 190 Å². The monoisotopic (exact) mass is 1250 g/mol. The summed E-state index contributed by atoms with van der Waals surface area (Å²) in [6, 6.07) is 0. The average molecular weight is 1250 g/mol. The van der Waals surface area contributed by atoms with E-state index in [1.54, 1.807) is 0 Å². The van der Waals surface area contributed by atoms with Crippen molar-refractivity contribution in [2.24, 2.45) is 39.4 Å². The molecular formula is C61H100O26. The van der Waals surface area contributed by atoms with Gasteiger partial charge in [0.1, 0.15) is 115 Å². The molecule has 0 bridgehead atoms. The summed E-state index contributed by atoms with van der Waals surface area (Å²) in [6.07, 6.45) is -28.9. The molecule has 0 amide bonds. The Kier molecular flexibility index (Phi) is 21.3. The summed E-state index contributed by atoms with van der Waals surface area (Å²) in [5.74, 6) is -0.254. The number of hydrogen-bond acceptors (Lipinski definition) is 26. The lowest BCUT2D eigenvalue weighted by Gasteiger charge is -2.65. The molecule has 8 fully saturated rings. The van der Waals surface area contributed by atoms with E-state index >= 15 is 0 Å². The lowest BCUT2D eigenvalue weighted by molar-refractivity contribution is -0.403. The molecule has 26 nitrogen and oxygen atoms in total. The van der Waals surface area contributed by atoms with Crippen molar-refractivity contribution < 1.29 is 128 Å². The van der Waals surface area contributed by atoms with Crippen molar-refractivity contribution in [3.05, 3.63) is 23.3 Å². The minimum Gasteiger partial charge on any atom is -0.459 e. The third-order valence-corrected chi connectivity index (χ3v) is 22.2. The lowest BCUT2D eigenvalue weighted by atomic mass is 9.40. The van der Waals surface area contributed by atoms with Gasteiger partial charge in [-0.1, -0.05) is 57.9 Å². The molecule has 13 N–H and O–H groups in total. The second-order valence-electron chi connectivity index (χ2n) is 27.9. The highest BCUT2D eigenvalue weighted by Gasteiger charge is 2.69. The average Bonchev–Trinajstić information content (AvgIpc) is 1.66. The van der Waals surface area contributed by atoms with Gasteiger partial charge >= 0.3 is 5.97 Å². The van der Waals surface area contributed by atoms with E-state index in [1.807, 2.05) is 26.8 Å². The van der Waals surface area contributed by atoms with Crippen LogP contribution < -0.4 is 0 Å². The van der Waals surface area contributed by atoms with Crippen LogP contribution in [-0.2, 0) is 61.6 Å². The van der Waals surface area contributed by atoms with E-state index in [2.05, 4.69) is 40.7 Å². The molecule has 3 saturated carbocycles. The van der Waals surface area contributed by atoms with Crippen molar-refractivity contribution in [3.8, 4) is 0 Å². The van der Waals surface area contributed by atoms with Crippen molar-refractivity contribution >= 4 is 5.97 Å². The topological polar surface area (TPSA) is 391 Å². The Morgan fingerprint density at radius 1 is 0.644 bits per heavy atom. The Morgan fingerprint density at radius 2 is 1.21 bits per heavy atom. The summed E-state index contributed by atoms with van der Waals surface area (Å²) in [7, 11) is 1.19. The van der Waals surface area contributed by atoms with Crippen LogP contribution in [0.2, 0.25) is 0 Å². The van der Waals surface area contributed by atoms with Crippen LogP contribution in [0.3, 0.4) is 0 Å². The maximum Gasteiger partial charge on any atom is 0.303 e. The highest BCUT2D eigenvalue weighted by Crippen LogP contribution is 2.74. The molecule has 26 heteroatoms. The maximum atomic E-state index is 12.6. The second kappa shape index (κ2) is 26.8. The molecule has 0 spiro atoms. The molecule has 0 aromatic carbocycles. The summed E-state index contributed by atoms with van der Waals surface area (Å²) in [5, 5.41) is 145. The summed E-state index contributed by atoms with van der Waals surface area (Å²) in [4.78, 5) is 12.5. The van der Waals surface area contributed by atoms with Crippen LogP contribution in [0.15, 0.2) is 23.3 Å². The van der Waals surface area contributed by atoms with Gasteiger partial charge in [0.05, 0.1) is 38.6 Å². The lowest BCUT2D eigenvalue weighted by Crippen LogP contribution is -2.68. The number of allylic oxidation sites excluding steroid dienone is 3. The van der Waals surface area contributed by atoms with E-state index in [9.17, 15) is 71.2 Å². The highest BCUT2D eigenvalue weighted by molar-refractivity contribution is 5.66. The Balaban J connectivity index is 0.939. The number of ether oxygens (including phenoxy) is 12. The van der Waals surface area contributed by atoms with Crippen LogP contribution in [0.5, 0.6) is 0 Å². The number of esters is 1. The van der Waals surface area contributed by atoms with E-state index in [-0.39, 0.29) is 40.6 Å². The van der Waals surface area contributed by atoms with Gasteiger partial charge in [-0.3, -0.25) is 4.79 Å². The van der Waals surface area contributed by atoms with Gasteiger partial charge in [-0.15, -0.1) is 0 Å². The molecule has 5 aliphatic heterocycles. The number of aliphatic hydroxyl groups excluding tert-OH is 12. The number of fused-ring (bicyclic) bond motifs is 5. The fourth-order valence-corrected chi connectivity index (χ4v) is 17.0. The molecule has 500 valence electrons. The first-order valence-corrected chi connectivity index (χ1v) is 31.1. The normalized spacial score (nSPS) is 50.1. The fourth-order valence-electron chi connectivity index (χ4n) is 17.0. The van der Waals surface area contributed by atoms with Gasteiger partial charge in [0.25, 0.3) is 0 Å². The first-order chi connectivity index (χ1) is 40.8. The molecule has 4 aliphatic carbocycles. The summed E-state index contributed by atoms with van der Waals surface area (Å²) in [6.45, 7) is 17.6. The smallest absolute Gasteiger partial charge is 0.303 e. The second-order valence-corrected chi connectivity index (χ2v) is 27.9. The first kappa shape index (κ1) is 69.3. The fraction of sp³-hybridized carbons (Fsp3) is 0.918. The first-order valence-electron chi connectivity index (χ1n) is 31.1. The molecule has 87 heavy (non-hydrogen) atoms. The van der Waals surface area contributed by atoms with Crippen LogP contribution in [0.1, 0.15) is 121 Å². The van der Waals surface area contributed by atoms with E-state index in [1.165, 1.54) is 26.5 Å². The largest absolute Gasteiger partial charge is 0.459 e. The molecule has 0 radical (unpaired) electrons. The highest BCUT2D eigenvalue weighted by atomic mass is 16.8. The molecule has 5 heterocycles. The number of carbonyl (C=O) groups excluding carboxylic acids is 1. The quantitative estimate of drug-likeness (QED) is 0.0582. The van der Waals surface area contributed by atoms with Crippen LogP contribution >= 0.6 is 0 Å². The van der Waals surface area contributed by atoms with Gasteiger partial charge in [0.2, 0.25) is 0 Å². The van der Waals surface area contributed by atoms with Crippen LogP contribution in [0, 0.1) is 39.4 Å². The molecule has 0 aromatic heterocycles. The zero-order valence-electron chi connectivity index (χ0n) is 51.9. The Morgan fingerprint density at radius 3 is 1.82 bits per heavy atom. The maximum absolute atomic E-state index is 12.6. The number of hydrogen-bond donors (Lipinski definition) is 13. The minimum atomic E-state index is -1.99. The number of rotatable bonds is 18. The predicted octanol–water partition coefficient (Wildman–Crippen LogP) is -0.928. The zero-order valence-corrected chi connectivity index (χ0v) is 51.9. The SMILES string of the molecule is CO[C@@H]1[C@@H](O)[C@H](O[C@@H]2[C@@H](O)[C@H](O[C@H]3[C@H](O)[C@@H](O[C@@H]4OC[C@@H](O)[C@H](O)[C@H]4O)[C@H](O[C@H]4[C@H](O[C@H]5CC[C@]6(C)[C@@H]7CC[C@]8(C)[C@@H]([C@@](C)(O)[C@@H](CC=C(C)C)OC(C)=O)CC[C@@]8(C)C7=CC[C@H]6C5(C)C)OC[C@@H](O)[C@@H]4O)O[C@@H]3C)O[C@H](CO)[C@H]2O)O[C@H](CO)[C@H]1O. The molecule has 9 aliphatic rings. The zero-order chi connectivity index (χ0) is 63.8. The van der Waals surface area contributed by atoms with Crippen molar-refractivity contribution in [1.29, 1.82) is 0 Å². The van der Waals surface area contributed by atoms with Gasteiger partial charge < -0.3 is 123 Å². The minimum absolute atomic E-state index is 0.0945. The van der Waals surface area contributed by atoms with Crippen LogP contribution in [-0.4, -0.2) is 265 Å². The summed E-state index contributed by atoms with van der Waals surface area (Å²) >= 11 is 0. The standard InChI is InChI=1S/C61H100O26/c1-26(2)12-15-38(80-28(4)64)61(10,75)36-17-21-59(8)30-13-14-35-57(5,6)37(18-19-58(35,7)29(30)16-20-60(36,59)9)83-55-50(40(68)32(66)25-78-55)87-56-51(86-52-43(71)39(67)31(65)24-77-52)44(72)47(27(3)79-56)84-54-46(74)49(42(70)34(23-63)82-54)85-53-45(73)48(76-11)41(69)33(22-62)81-53/h12-13,27,29,31-56,62-63,65-75H,14-25H2,1-11H3/t27-,29-,31-,32-,33-,34-,35+,36+,37+,38-,39+,40+,41-,42-,43-,44+,45-,46-,47-,48+,49+,50-,51-,52+,53+,54+,55+,56+,58-,59+,60-,61-/m1/s1. The van der Waals surface area contributed by atoms with E-state index in [4.69, 9.17) is 56.8 Å². The van der Waals surface area contributed by atoms with Crippen molar-refractivity contribution in [2.75, 3.05) is 33.5 Å². The summed E-state index contributed by atoms with van der Waals surface area (Å²) in [5.41, 5.74) is -0.0527. The Labute approximate surface area is 508 Å². The molecular weight excluding hydrogens is 1150 g/mol. The summed E-state index contributed by atoms with van der Waals surface area (Å²) < 4.78 is 72.5. The molecule has 32 atom stereocenters. The van der Waals surface area contributed by atoms with Gasteiger partial charge in [-0.05, 0) is 112 Å². The molecule has 0 unspecified atom stereocenters. The molecule has 0 aromatic rings. The molecule has 5 saturated heterocycles. The third-order valence-electron chi connectivity index (χ3n) is 22.2. The third kappa shape index (κ3) is 12.7. The molecule has 9 rings (SSSR count). The van der Waals surface area contributed by atoms with Gasteiger partial charge in [0, 0.05) is 20.5 Å². The van der Waals surface area contributed by atoms with E-state index in [0.717, 1.165) is 44.1 Å². The van der Waals surface area contributed by atoms with Crippen molar-refractivity contribution in [1.82, 2.24) is 0 Å². The predicted molar refractivity (Wildman–Crippen MR) is 300 cm³/mol. The van der Waals surface area contributed by atoms with E-state index in [0.29, 0.717) is 12.8 Å².